The highest BCUT2D eigenvalue weighted by atomic mass is 15.1. The molecule has 0 radical (unpaired) electrons. The summed E-state index contributed by atoms with van der Waals surface area (Å²) < 4.78 is 0. The predicted molar refractivity (Wildman–Crippen MR) is 89.7 cm³/mol. The van der Waals surface area contributed by atoms with E-state index in [-0.39, 0.29) is 0 Å². The Morgan fingerprint density at radius 1 is 1.10 bits per heavy atom. The fraction of sp³-hybridized carbons (Fsp3) is 0.684. The Kier molecular flexibility index (Phi) is 4.37. The van der Waals surface area contributed by atoms with Gasteiger partial charge in [0.15, 0.2) is 0 Å². The summed E-state index contributed by atoms with van der Waals surface area (Å²) in [7, 11) is 0. The van der Waals surface area contributed by atoms with E-state index in [1.54, 1.807) is 5.56 Å². The zero-order valence-corrected chi connectivity index (χ0v) is 14.0. The van der Waals surface area contributed by atoms with Crippen LogP contribution in [0.5, 0.6) is 0 Å². The Bertz CT molecular complexity index is 472. The lowest BCUT2D eigenvalue weighted by Crippen LogP contribution is -2.50. The minimum atomic E-state index is 0.559. The van der Waals surface area contributed by atoms with Gasteiger partial charge in [-0.1, -0.05) is 17.7 Å². The van der Waals surface area contributed by atoms with Crippen LogP contribution in [-0.2, 0) is 6.54 Å². The number of rotatable bonds is 2. The molecule has 0 bridgehead atoms. The standard InChI is InChI=1S/C19H30N2/c1-15-10-16(2)18(17(3)11-15)12-21-9-5-7-19(14-21)6-4-8-20-13-19/h10-11,20H,4-9,12-14H2,1-3H3. The fourth-order valence-corrected chi connectivity index (χ4v) is 4.51. The molecule has 2 saturated heterocycles. The second kappa shape index (κ2) is 6.10. The molecule has 0 aromatic heterocycles. The van der Waals surface area contributed by atoms with Gasteiger partial charge in [0.25, 0.3) is 0 Å². The van der Waals surface area contributed by atoms with Crippen LogP contribution in [0.3, 0.4) is 0 Å². The molecule has 21 heavy (non-hydrogen) atoms. The molecule has 1 spiro atoms. The Morgan fingerprint density at radius 3 is 2.48 bits per heavy atom. The lowest BCUT2D eigenvalue weighted by molar-refractivity contribution is 0.0598. The number of likely N-dealkylation sites (tertiary alicyclic amines) is 1. The van der Waals surface area contributed by atoms with E-state index in [1.165, 1.54) is 68.6 Å². The number of hydrogen-bond acceptors (Lipinski definition) is 2. The third-order valence-corrected chi connectivity index (χ3v) is 5.52. The first-order chi connectivity index (χ1) is 10.1. The van der Waals surface area contributed by atoms with Crippen LogP contribution in [0.1, 0.15) is 47.9 Å². The van der Waals surface area contributed by atoms with Crippen molar-refractivity contribution in [3.63, 3.8) is 0 Å². The second-order valence-corrected chi connectivity index (χ2v) is 7.47. The number of nitrogens with one attached hydrogen (secondary N) is 1. The van der Waals surface area contributed by atoms with Crippen LogP contribution < -0.4 is 5.32 Å². The van der Waals surface area contributed by atoms with Gasteiger partial charge >= 0.3 is 0 Å². The fourth-order valence-electron chi connectivity index (χ4n) is 4.51. The van der Waals surface area contributed by atoms with Crippen molar-refractivity contribution < 1.29 is 0 Å². The lowest BCUT2D eigenvalue weighted by atomic mass is 9.74. The number of hydrogen-bond donors (Lipinski definition) is 1. The zero-order chi connectivity index (χ0) is 14.9. The zero-order valence-electron chi connectivity index (χ0n) is 14.0. The molecule has 116 valence electrons. The molecule has 1 N–H and O–H groups in total. The summed E-state index contributed by atoms with van der Waals surface area (Å²) in [5, 5.41) is 3.63. The summed E-state index contributed by atoms with van der Waals surface area (Å²) in [6, 6.07) is 4.68. The van der Waals surface area contributed by atoms with Crippen molar-refractivity contribution in [2.24, 2.45) is 5.41 Å². The van der Waals surface area contributed by atoms with Gasteiger partial charge in [-0.25, -0.2) is 0 Å². The molecule has 2 nitrogen and oxygen atoms in total. The number of aryl methyl sites for hydroxylation is 3. The van der Waals surface area contributed by atoms with Crippen LogP contribution >= 0.6 is 0 Å². The van der Waals surface area contributed by atoms with Gasteiger partial charge in [-0.2, -0.15) is 0 Å². The van der Waals surface area contributed by atoms with Gasteiger partial charge in [-0.15, -0.1) is 0 Å². The summed E-state index contributed by atoms with van der Waals surface area (Å²) in [6.45, 7) is 12.9. The van der Waals surface area contributed by atoms with Gasteiger partial charge < -0.3 is 5.32 Å². The van der Waals surface area contributed by atoms with E-state index >= 15 is 0 Å². The van der Waals surface area contributed by atoms with Crippen LogP contribution in [0.2, 0.25) is 0 Å². The molecule has 2 aliphatic heterocycles. The topological polar surface area (TPSA) is 15.3 Å². The maximum atomic E-state index is 3.63. The van der Waals surface area contributed by atoms with E-state index in [0.717, 1.165) is 6.54 Å². The van der Waals surface area contributed by atoms with E-state index in [9.17, 15) is 0 Å². The van der Waals surface area contributed by atoms with Gasteiger partial charge in [0.05, 0.1) is 0 Å². The van der Waals surface area contributed by atoms with Gasteiger partial charge in [0.2, 0.25) is 0 Å². The molecule has 0 amide bonds. The molecule has 0 saturated carbocycles. The van der Waals surface area contributed by atoms with Crippen molar-refractivity contribution in [1.82, 2.24) is 10.2 Å². The second-order valence-electron chi connectivity index (χ2n) is 7.47. The summed E-state index contributed by atoms with van der Waals surface area (Å²) in [4.78, 5) is 2.71. The molecular formula is C19H30N2. The Labute approximate surface area is 129 Å². The Balaban J connectivity index is 1.73. The number of nitrogens with zero attached hydrogens (tertiary/aromatic N) is 1. The van der Waals surface area contributed by atoms with Crippen molar-refractivity contribution in [3.8, 4) is 0 Å². The van der Waals surface area contributed by atoms with Crippen molar-refractivity contribution in [3.05, 3.63) is 34.4 Å². The maximum absolute atomic E-state index is 3.63. The SMILES string of the molecule is Cc1cc(C)c(CN2CCCC3(CCCNC3)C2)c(C)c1. The molecule has 1 unspecified atom stereocenters. The van der Waals surface area contributed by atoms with E-state index in [0.29, 0.717) is 5.41 Å². The molecular weight excluding hydrogens is 256 g/mol. The summed E-state index contributed by atoms with van der Waals surface area (Å²) in [5.74, 6) is 0. The average molecular weight is 286 g/mol. The van der Waals surface area contributed by atoms with Crippen LogP contribution in [0.4, 0.5) is 0 Å². The highest BCUT2D eigenvalue weighted by Gasteiger charge is 2.36. The van der Waals surface area contributed by atoms with Crippen molar-refractivity contribution in [2.75, 3.05) is 26.2 Å². The van der Waals surface area contributed by atoms with Crippen molar-refractivity contribution in [2.45, 2.75) is 53.0 Å². The van der Waals surface area contributed by atoms with Gasteiger partial charge in [0.1, 0.15) is 0 Å². The normalized spacial score (nSPS) is 27.2. The molecule has 2 aliphatic rings. The largest absolute Gasteiger partial charge is 0.316 e. The lowest BCUT2D eigenvalue weighted by Gasteiger charge is -2.45. The first-order valence-corrected chi connectivity index (χ1v) is 8.58. The Morgan fingerprint density at radius 2 is 1.81 bits per heavy atom. The highest BCUT2D eigenvalue weighted by molar-refractivity contribution is 5.37. The maximum Gasteiger partial charge on any atom is 0.0239 e. The average Bonchev–Trinajstić information content (AvgIpc) is 2.44. The summed E-state index contributed by atoms with van der Waals surface area (Å²) in [5.41, 5.74) is 6.44. The summed E-state index contributed by atoms with van der Waals surface area (Å²) in [6.07, 6.45) is 5.56. The monoisotopic (exact) mass is 286 g/mol. The van der Waals surface area contributed by atoms with Crippen LogP contribution in [0.25, 0.3) is 0 Å². The smallest absolute Gasteiger partial charge is 0.0239 e. The quantitative estimate of drug-likeness (QED) is 0.894. The molecule has 1 aromatic rings. The van der Waals surface area contributed by atoms with E-state index in [4.69, 9.17) is 0 Å². The molecule has 1 aromatic carbocycles. The van der Waals surface area contributed by atoms with Gasteiger partial charge in [-0.3, -0.25) is 4.90 Å². The molecule has 1 atom stereocenters. The van der Waals surface area contributed by atoms with Crippen molar-refractivity contribution in [1.29, 1.82) is 0 Å². The Hall–Kier alpha value is -0.860. The first kappa shape index (κ1) is 15.1. The van der Waals surface area contributed by atoms with E-state index in [1.807, 2.05) is 0 Å². The highest BCUT2D eigenvalue weighted by Crippen LogP contribution is 2.36. The third kappa shape index (κ3) is 3.32. The molecule has 2 heterocycles. The van der Waals surface area contributed by atoms with Gasteiger partial charge in [-0.05, 0) is 81.6 Å². The van der Waals surface area contributed by atoms with Crippen molar-refractivity contribution >= 4 is 0 Å². The van der Waals surface area contributed by atoms with Crippen LogP contribution in [0.15, 0.2) is 12.1 Å². The third-order valence-electron chi connectivity index (χ3n) is 5.52. The molecule has 3 rings (SSSR count). The van der Waals surface area contributed by atoms with Crippen LogP contribution in [0, 0.1) is 26.2 Å². The summed E-state index contributed by atoms with van der Waals surface area (Å²) >= 11 is 0. The molecule has 2 heteroatoms. The number of benzene rings is 1. The van der Waals surface area contributed by atoms with Gasteiger partial charge in [0, 0.05) is 19.6 Å². The molecule has 0 aliphatic carbocycles. The van der Waals surface area contributed by atoms with E-state index < -0.39 is 0 Å². The first-order valence-electron chi connectivity index (χ1n) is 8.58. The molecule has 2 fully saturated rings. The number of piperidine rings is 2. The predicted octanol–water partition coefficient (Wildman–Crippen LogP) is 3.58. The van der Waals surface area contributed by atoms with Crippen LogP contribution in [-0.4, -0.2) is 31.1 Å². The minimum absolute atomic E-state index is 0.559. The van der Waals surface area contributed by atoms with E-state index in [2.05, 4.69) is 43.1 Å². The minimum Gasteiger partial charge on any atom is -0.316 e.